The van der Waals surface area contributed by atoms with Gasteiger partial charge >= 0.3 is 6.18 Å². The predicted octanol–water partition coefficient (Wildman–Crippen LogP) is 4.32. The van der Waals surface area contributed by atoms with Crippen molar-refractivity contribution in [1.29, 1.82) is 0 Å². The average molecular weight is 290 g/mol. The lowest BCUT2D eigenvalue weighted by Crippen LogP contribution is -2.11. The molecule has 0 atom stereocenters. The fourth-order valence-electron chi connectivity index (χ4n) is 2.30. The summed E-state index contributed by atoms with van der Waals surface area (Å²) in [4.78, 5) is 0. The molecule has 5 heteroatoms. The van der Waals surface area contributed by atoms with Crippen LogP contribution in [-0.4, -0.2) is 12.3 Å². The van der Waals surface area contributed by atoms with E-state index in [1.54, 1.807) is 0 Å². The summed E-state index contributed by atoms with van der Waals surface area (Å²) in [6.07, 6.45) is -3.58. The molecule has 2 aromatic rings. The minimum absolute atomic E-state index is 0.634. The summed E-state index contributed by atoms with van der Waals surface area (Å²) in [6.45, 7) is 0.736. The maximum Gasteiger partial charge on any atom is 0.416 e. The fourth-order valence-corrected chi connectivity index (χ4v) is 2.30. The number of hydrogen-bond donors (Lipinski definition) is 0. The van der Waals surface area contributed by atoms with E-state index in [9.17, 15) is 13.2 Å². The van der Waals surface area contributed by atoms with Crippen LogP contribution in [0.25, 0.3) is 0 Å². The summed E-state index contributed by atoms with van der Waals surface area (Å²) in [6, 6.07) is 14.9. The van der Waals surface area contributed by atoms with E-state index in [1.807, 2.05) is 35.3 Å². The van der Waals surface area contributed by atoms with Crippen molar-refractivity contribution >= 4 is 11.4 Å². The van der Waals surface area contributed by atoms with Gasteiger partial charge in [-0.2, -0.15) is 18.3 Å². The molecule has 108 valence electrons. The molecule has 0 aromatic heterocycles. The number of hydrogen-bond acceptors (Lipinski definition) is 2. The number of nitrogens with zero attached hydrogens (tertiary/aromatic N) is 2. The first-order valence-corrected chi connectivity index (χ1v) is 6.62. The molecule has 0 amide bonds. The normalized spacial score (nSPS) is 15.2. The van der Waals surface area contributed by atoms with Gasteiger partial charge in [0.15, 0.2) is 0 Å². The SMILES string of the molecule is FC(F)(F)c1ccc(C2=NN(c3ccccc3)CC2)cc1. The van der Waals surface area contributed by atoms with Gasteiger partial charge in [0, 0.05) is 13.0 Å². The second kappa shape index (κ2) is 5.24. The Morgan fingerprint density at radius 3 is 2.19 bits per heavy atom. The molecule has 1 aliphatic rings. The first kappa shape index (κ1) is 13.7. The predicted molar refractivity (Wildman–Crippen MR) is 76.4 cm³/mol. The lowest BCUT2D eigenvalue weighted by Gasteiger charge is -2.12. The number of benzene rings is 2. The van der Waals surface area contributed by atoms with Crippen LogP contribution in [0.1, 0.15) is 17.5 Å². The molecule has 0 fully saturated rings. The average Bonchev–Trinajstić information content (AvgIpc) is 2.97. The van der Waals surface area contributed by atoms with Gasteiger partial charge in [-0.3, -0.25) is 5.01 Å². The van der Waals surface area contributed by atoms with Crippen molar-refractivity contribution in [2.75, 3.05) is 11.6 Å². The Morgan fingerprint density at radius 1 is 0.905 bits per heavy atom. The number of rotatable bonds is 2. The third-order valence-corrected chi connectivity index (χ3v) is 3.40. The van der Waals surface area contributed by atoms with Crippen molar-refractivity contribution in [1.82, 2.24) is 0 Å². The van der Waals surface area contributed by atoms with E-state index < -0.39 is 11.7 Å². The summed E-state index contributed by atoms with van der Waals surface area (Å²) in [5.41, 5.74) is 1.90. The van der Waals surface area contributed by atoms with Crippen molar-refractivity contribution in [2.45, 2.75) is 12.6 Å². The van der Waals surface area contributed by atoms with Crippen molar-refractivity contribution in [2.24, 2.45) is 5.10 Å². The van der Waals surface area contributed by atoms with Gasteiger partial charge in [0.2, 0.25) is 0 Å². The number of halogens is 3. The number of para-hydroxylation sites is 1. The maximum absolute atomic E-state index is 12.5. The van der Waals surface area contributed by atoms with Gasteiger partial charge in [-0.15, -0.1) is 0 Å². The topological polar surface area (TPSA) is 15.6 Å². The molecular formula is C16H13F3N2. The van der Waals surface area contributed by atoms with Gasteiger partial charge in [-0.05, 0) is 29.8 Å². The monoisotopic (exact) mass is 290 g/mol. The van der Waals surface area contributed by atoms with Crippen molar-refractivity contribution in [3.05, 3.63) is 65.7 Å². The lowest BCUT2D eigenvalue weighted by molar-refractivity contribution is -0.137. The minimum Gasteiger partial charge on any atom is -0.265 e. The lowest BCUT2D eigenvalue weighted by atomic mass is 10.1. The highest BCUT2D eigenvalue weighted by Crippen LogP contribution is 2.29. The van der Waals surface area contributed by atoms with E-state index in [0.717, 1.165) is 42.1 Å². The van der Waals surface area contributed by atoms with E-state index in [2.05, 4.69) is 5.10 Å². The Hall–Kier alpha value is -2.30. The summed E-state index contributed by atoms with van der Waals surface area (Å²) in [5, 5.41) is 6.36. The van der Waals surface area contributed by atoms with Crippen LogP contribution in [-0.2, 0) is 6.18 Å². The Labute approximate surface area is 120 Å². The van der Waals surface area contributed by atoms with Gasteiger partial charge in [0.1, 0.15) is 0 Å². The molecule has 0 aliphatic carbocycles. The largest absolute Gasteiger partial charge is 0.416 e. The molecule has 2 nitrogen and oxygen atoms in total. The van der Waals surface area contributed by atoms with E-state index in [4.69, 9.17) is 0 Å². The molecule has 0 N–H and O–H groups in total. The fraction of sp³-hybridized carbons (Fsp3) is 0.188. The highest BCUT2D eigenvalue weighted by Gasteiger charge is 2.30. The zero-order valence-corrected chi connectivity index (χ0v) is 11.1. The van der Waals surface area contributed by atoms with E-state index in [0.29, 0.717) is 0 Å². The molecule has 0 unspecified atom stereocenters. The van der Waals surface area contributed by atoms with Gasteiger partial charge in [0.25, 0.3) is 0 Å². The van der Waals surface area contributed by atoms with E-state index in [1.165, 1.54) is 12.1 Å². The molecule has 3 rings (SSSR count). The standard InChI is InChI=1S/C16H13F3N2/c17-16(18,19)13-8-6-12(7-9-13)15-10-11-21(20-15)14-4-2-1-3-5-14/h1-9H,10-11H2. The zero-order chi connectivity index (χ0) is 14.9. The van der Waals surface area contributed by atoms with Crippen molar-refractivity contribution in [3.63, 3.8) is 0 Å². The smallest absolute Gasteiger partial charge is 0.265 e. The first-order valence-electron chi connectivity index (χ1n) is 6.62. The Kier molecular flexibility index (Phi) is 3.41. The van der Waals surface area contributed by atoms with Crippen molar-refractivity contribution < 1.29 is 13.2 Å². The van der Waals surface area contributed by atoms with Gasteiger partial charge in [0.05, 0.1) is 17.0 Å². The maximum atomic E-state index is 12.5. The van der Waals surface area contributed by atoms with E-state index in [-0.39, 0.29) is 0 Å². The third-order valence-electron chi connectivity index (χ3n) is 3.40. The summed E-state index contributed by atoms with van der Waals surface area (Å²) >= 11 is 0. The van der Waals surface area contributed by atoms with Crippen LogP contribution in [0.4, 0.5) is 18.9 Å². The molecule has 1 heterocycles. The molecule has 0 spiro atoms. The Bertz CT molecular complexity index is 645. The van der Waals surface area contributed by atoms with Crippen LogP contribution in [0, 0.1) is 0 Å². The Balaban J connectivity index is 1.82. The van der Waals surface area contributed by atoms with Gasteiger partial charge < -0.3 is 0 Å². The van der Waals surface area contributed by atoms with Crippen LogP contribution < -0.4 is 5.01 Å². The van der Waals surface area contributed by atoms with E-state index >= 15 is 0 Å². The first-order chi connectivity index (χ1) is 10.0. The molecule has 0 saturated heterocycles. The van der Waals surface area contributed by atoms with Crippen LogP contribution in [0.2, 0.25) is 0 Å². The summed E-state index contributed by atoms with van der Waals surface area (Å²) in [7, 11) is 0. The number of alkyl halides is 3. The number of anilines is 1. The van der Waals surface area contributed by atoms with Gasteiger partial charge in [-0.25, -0.2) is 0 Å². The van der Waals surface area contributed by atoms with Crippen LogP contribution >= 0.6 is 0 Å². The number of hydrazone groups is 1. The van der Waals surface area contributed by atoms with Crippen LogP contribution in [0.15, 0.2) is 59.7 Å². The molecule has 21 heavy (non-hydrogen) atoms. The molecule has 1 aliphatic heterocycles. The zero-order valence-electron chi connectivity index (χ0n) is 11.1. The van der Waals surface area contributed by atoms with Crippen LogP contribution in [0.3, 0.4) is 0 Å². The Morgan fingerprint density at radius 2 is 1.57 bits per heavy atom. The molecular weight excluding hydrogens is 277 g/mol. The van der Waals surface area contributed by atoms with Crippen LogP contribution in [0.5, 0.6) is 0 Å². The van der Waals surface area contributed by atoms with Crippen molar-refractivity contribution in [3.8, 4) is 0 Å². The molecule has 0 bridgehead atoms. The molecule has 0 saturated carbocycles. The second-order valence-electron chi connectivity index (χ2n) is 4.83. The summed E-state index contributed by atoms with van der Waals surface area (Å²) in [5.74, 6) is 0. The molecule has 2 aromatic carbocycles. The highest BCUT2D eigenvalue weighted by molar-refractivity contribution is 6.02. The quantitative estimate of drug-likeness (QED) is 0.804. The van der Waals surface area contributed by atoms with Gasteiger partial charge in [-0.1, -0.05) is 30.3 Å². The second-order valence-corrected chi connectivity index (χ2v) is 4.83. The molecule has 0 radical (unpaired) electrons. The summed E-state index contributed by atoms with van der Waals surface area (Å²) < 4.78 is 37.6. The minimum atomic E-state index is -4.30. The highest BCUT2D eigenvalue weighted by atomic mass is 19.4. The third kappa shape index (κ3) is 2.91.